The van der Waals surface area contributed by atoms with Gasteiger partial charge in [0.25, 0.3) is 0 Å². The van der Waals surface area contributed by atoms with Crippen molar-refractivity contribution in [2.75, 3.05) is 64.4 Å². The Labute approximate surface area is 196 Å². The minimum atomic E-state index is -0.866. The predicted molar refractivity (Wildman–Crippen MR) is 128 cm³/mol. The maximum absolute atomic E-state index is 11.2. The van der Waals surface area contributed by atoms with Crippen LogP contribution < -0.4 is 0 Å². The van der Waals surface area contributed by atoms with E-state index in [0.29, 0.717) is 57.8 Å². The van der Waals surface area contributed by atoms with Crippen LogP contribution in [-0.4, -0.2) is 75.4 Å². The van der Waals surface area contributed by atoms with E-state index in [2.05, 4.69) is 0 Å². The molecule has 0 radical (unpaired) electrons. The zero-order chi connectivity index (χ0) is 20.3. The Balaban J connectivity index is 1.55. The number of rotatable bonds is 1. The summed E-state index contributed by atoms with van der Waals surface area (Å²) in [5.74, 6) is 0.872. The molecule has 3 heterocycles. The number of thioether (sulfide) groups is 6. The second-order valence-corrected chi connectivity index (χ2v) is 12.7. The van der Waals surface area contributed by atoms with E-state index in [-0.39, 0.29) is 0 Å². The van der Waals surface area contributed by atoms with E-state index in [1.165, 1.54) is 32.0 Å². The minimum absolute atomic E-state index is 0.387. The zero-order valence-electron chi connectivity index (χ0n) is 15.6. The van der Waals surface area contributed by atoms with Crippen molar-refractivity contribution in [3.05, 3.63) is 27.3 Å². The Hall–Kier alpha value is 0.630. The van der Waals surface area contributed by atoms with Crippen molar-refractivity contribution in [2.45, 2.75) is 0 Å². The summed E-state index contributed by atoms with van der Waals surface area (Å²) in [6, 6.07) is 0. The molecule has 0 aromatic carbocycles. The lowest BCUT2D eigenvalue weighted by Crippen LogP contribution is -2.13. The van der Waals surface area contributed by atoms with Crippen LogP contribution in [0.2, 0.25) is 0 Å². The summed E-state index contributed by atoms with van der Waals surface area (Å²) in [7, 11) is 0. The minimum Gasteiger partial charge on any atom is -0.477 e. The molecule has 0 bridgehead atoms. The largest absolute Gasteiger partial charge is 0.477 e. The van der Waals surface area contributed by atoms with Gasteiger partial charge in [-0.2, -0.15) is 0 Å². The van der Waals surface area contributed by atoms with Crippen molar-refractivity contribution in [3.63, 3.8) is 0 Å². The van der Waals surface area contributed by atoms with Gasteiger partial charge in [-0.1, -0.05) is 47.0 Å². The summed E-state index contributed by atoms with van der Waals surface area (Å²) in [6.45, 7) is 4.79. The molecule has 1 N–H and O–H groups in total. The van der Waals surface area contributed by atoms with E-state index in [9.17, 15) is 9.90 Å². The molecule has 0 amide bonds. The van der Waals surface area contributed by atoms with Crippen LogP contribution in [0.25, 0.3) is 0 Å². The van der Waals surface area contributed by atoms with Gasteiger partial charge >= 0.3 is 5.97 Å². The van der Waals surface area contributed by atoms with Gasteiger partial charge < -0.3 is 24.1 Å². The van der Waals surface area contributed by atoms with Crippen LogP contribution >= 0.6 is 70.6 Å². The highest BCUT2D eigenvalue weighted by Gasteiger charge is 2.29. The molecule has 3 aliphatic heterocycles. The third-order valence-electron chi connectivity index (χ3n) is 3.43. The number of hydrogen-bond donors (Lipinski definition) is 1. The second-order valence-electron chi connectivity index (χ2n) is 5.51. The number of ether oxygens (including phenoxy) is 4. The number of hydrogen-bond acceptors (Lipinski definition) is 11. The van der Waals surface area contributed by atoms with Gasteiger partial charge in [0.2, 0.25) is 0 Å². The fourth-order valence-electron chi connectivity index (χ4n) is 2.12. The fraction of sp³-hybridized carbons (Fsp3) is 0.588. The smallest absolute Gasteiger partial charge is 0.343 e. The maximum Gasteiger partial charge on any atom is 0.343 e. The van der Waals surface area contributed by atoms with Gasteiger partial charge in [-0.3, -0.25) is 0 Å². The monoisotopic (exact) mass is 514 g/mol. The molecule has 0 aromatic heterocycles. The van der Waals surface area contributed by atoms with Crippen LogP contribution in [0.4, 0.5) is 0 Å². The zero-order valence-corrected chi connectivity index (χ0v) is 20.5. The van der Waals surface area contributed by atoms with Gasteiger partial charge in [0.15, 0.2) is 0 Å². The number of carboxylic acids is 1. The molecular weight excluding hydrogens is 493 g/mol. The van der Waals surface area contributed by atoms with Crippen LogP contribution in [0.5, 0.6) is 0 Å². The molecule has 0 aliphatic carbocycles. The Bertz CT molecular complexity index is 633. The van der Waals surface area contributed by atoms with E-state index in [4.69, 9.17) is 18.9 Å². The normalized spacial score (nSPS) is 24.1. The Morgan fingerprint density at radius 3 is 1.62 bits per heavy atom. The van der Waals surface area contributed by atoms with Crippen LogP contribution in [0, 0.1) is 0 Å². The van der Waals surface area contributed by atoms with Crippen molar-refractivity contribution >= 4 is 76.5 Å². The van der Waals surface area contributed by atoms with Crippen molar-refractivity contribution in [2.24, 2.45) is 0 Å². The third-order valence-corrected chi connectivity index (χ3v) is 11.8. The topological polar surface area (TPSA) is 74.2 Å². The highest BCUT2D eigenvalue weighted by Crippen LogP contribution is 2.62. The second kappa shape index (κ2) is 13.9. The lowest BCUT2D eigenvalue weighted by Gasteiger charge is -2.09. The van der Waals surface area contributed by atoms with E-state index < -0.39 is 5.97 Å². The molecule has 162 valence electrons. The highest BCUT2D eigenvalue weighted by atomic mass is 32.3. The van der Waals surface area contributed by atoms with Gasteiger partial charge in [0, 0.05) is 11.5 Å². The van der Waals surface area contributed by atoms with Crippen molar-refractivity contribution in [1.29, 1.82) is 0 Å². The van der Waals surface area contributed by atoms with Crippen LogP contribution in [0.1, 0.15) is 0 Å². The van der Waals surface area contributed by atoms with Crippen LogP contribution in [-0.2, 0) is 23.7 Å². The molecule has 29 heavy (non-hydrogen) atoms. The van der Waals surface area contributed by atoms with Gasteiger partial charge in [-0.05, 0) is 5.41 Å². The standard InChI is InChI=1S/C17H22O6S6/c18-13(19)12-11-26-16(27-12)17-28-14-15(29-17)25-10-8-23-6-4-21-2-1-20-3-5-22-7-9-24-14/h11H,1-10H2,(H,18,19). The molecule has 0 saturated carbocycles. The summed E-state index contributed by atoms with van der Waals surface area (Å²) in [6.07, 6.45) is 0. The molecule has 6 nitrogen and oxygen atoms in total. The molecule has 0 unspecified atom stereocenters. The molecule has 12 heteroatoms. The van der Waals surface area contributed by atoms with Crippen molar-refractivity contribution < 1.29 is 28.8 Å². The fourth-order valence-corrected chi connectivity index (χ4v) is 10.2. The summed E-state index contributed by atoms with van der Waals surface area (Å²) in [5, 5.41) is 10.9. The van der Waals surface area contributed by atoms with E-state index in [1.807, 2.05) is 0 Å². The van der Waals surface area contributed by atoms with Crippen molar-refractivity contribution in [1.82, 2.24) is 0 Å². The quantitative estimate of drug-likeness (QED) is 0.528. The third kappa shape index (κ3) is 8.59. The van der Waals surface area contributed by atoms with Gasteiger partial charge in [-0.25, -0.2) is 4.79 Å². The average Bonchev–Trinajstić information content (AvgIpc) is 3.34. The Morgan fingerprint density at radius 2 is 1.17 bits per heavy atom. The first-order valence-electron chi connectivity index (χ1n) is 8.93. The number of carboxylic acid groups (broad SMARTS) is 1. The van der Waals surface area contributed by atoms with Gasteiger partial charge in [0.05, 0.1) is 69.8 Å². The molecule has 0 atom stereocenters. The lowest BCUT2D eigenvalue weighted by molar-refractivity contribution is -0.131. The highest BCUT2D eigenvalue weighted by molar-refractivity contribution is 8.42. The first-order valence-corrected chi connectivity index (χ1v) is 14.2. The predicted octanol–water partition coefficient (Wildman–Crippen LogP) is 4.67. The van der Waals surface area contributed by atoms with E-state index in [0.717, 1.165) is 20.0 Å². The number of aliphatic carboxylic acids is 1. The lowest BCUT2D eigenvalue weighted by atomic mass is 10.7. The maximum atomic E-state index is 11.2. The number of carbonyl (C=O) groups is 1. The first kappa shape index (κ1) is 24.3. The Kier molecular flexibility index (Phi) is 11.6. The summed E-state index contributed by atoms with van der Waals surface area (Å²) in [5.41, 5.74) is 0. The van der Waals surface area contributed by atoms with Crippen LogP contribution in [0.3, 0.4) is 0 Å². The molecule has 0 fully saturated rings. The van der Waals surface area contributed by atoms with Crippen molar-refractivity contribution in [3.8, 4) is 0 Å². The van der Waals surface area contributed by atoms with Crippen LogP contribution in [0.15, 0.2) is 27.3 Å². The molecule has 3 rings (SSSR count). The summed E-state index contributed by atoms with van der Waals surface area (Å²) < 4.78 is 27.0. The van der Waals surface area contributed by atoms with E-state index >= 15 is 0 Å². The first-order chi connectivity index (χ1) is 14.2. The Morgan fingerprint density at radius 1 is 0.690 bits per heavy atom. The summed E-state index contributed by atoms with van der Waals surface area (Å²) in [4.78, 5) is 11.6. The molecule has 0 spiro atoms. The van der Waals surface area contributed by atoms with E-state index in [1.54, 1.807) is 52.5 Å². The molecule has 3 aliphatic rings. The molecular formula is C17H22O6S6. The summed E-state index contributed by atoms with van der Waals surface area (Å²) >= 11 is 9.89. The van der Waals surface area contributed by atoms with Gasteiger partial charge in [-0.15, -0.1) is 23.5 Å². The molecule has 0 saturated heterocycles. The average molecular weight is 515 g/mol. The van der Waals surface area contributed by atoms with Gasteiger partial charge in [0.1, 0.15) is 4.91 Å². The SMILES string of the molecule is O=C(O)C1=CSC(=C2SC3=C(SCCOCCOCCOCCOCCS3)S2)S1. The molecule has 0 aromatic rings.